The molecule has 5 fully saturated rings. The fourth-order valence-corrected chi connectivity index (χ4v) is 4.41. The maximum absolute atomic E-state index is 6.11. The van der Waals surface area contributed by atoms with Gasteiger partial charge in [0.05, 0.1) is 37.6 Å². The van der Waals surface area contributed by atoms with Crippen LogP contribution >= 0.6 is 0 Å². The maximum atomic E-state index is 6.11. The van der Waals surface area contributed by atoms with Crippen molar-refractivity contribution in [3.8, 4) is 0 Å². The van der Waals surface area contributed by atoms with Crippen LogP contribution in [0.25, 0.3) is 0 Å². The first kappa shape index (κ1) is 11.5. The summed E-state index contributed by atoms with van der Waals surface area (Å²) in [4.78, 5) is 0. The minimum Gasteiger partial charge on any atom is -0.370 e. The first-order chi connectivity index (χ1) is 9.31. The topological polar surface area (TPSA) is 43.5 Å². The predicted octanol–water partition coefficient (Wildman–Crippen LogP) is 1.86. The van der Waals surface area contributed by atoms with E-state index in [2.05, 4.69) is 0 Å². The molecule has 0 N–H and O–H groups in total. The molecule has 3 saturated heterocycles. The Kier molecular flexibility index (Phi) is 2.38. The van der Waals surface area contributed by atoms with Gasteiger partial charge in [0.25, 0.3) is 0 Å². The molecule has 106 valence electrons. The number of ether oxygens (including phenoxy) is 4. The first-order valence-corrected chi connectivity index (χ1v) is 7.86. The molecule has 1 spiro atoms. The summed E-state index contributed by atoms with van der Waals surface area (Å²) in [5.41, 5.74) is 0.251. The third kappa shape index (κ3) is 1.96. The lowest BCUT2D eigenvalue weighted by molar-refractivity contribution is -0.257. The molecule has 2 aliphatic carbocycles. The zero-order valence-electron chi connectivity index (χ0n) is 11.3. The molecule has 0 amide bonds. The van der Waals surface area contributed by atoms with Crippen LogP contribution in [-0.2, 0) is 18.9 Å². The number of rotatable bonds is 1. The largest absolute Gasteiger partial charge is 0.370 e. The summed E-state index contributed by atoms with van der Waals surface area (Å²) in [5, 5.41) is 0. The molecule has 5 rings (SSSR count). The lowest BCUT2D eigenvalue weighted by Crippen LogP contribution is -2.47. The van der Waals surface area contributed by atoms with Crippen LogP contribution < -0.4 is 0 Å². The summed E-state index contributed by atoms with van der Waals surface area (Å²) in [6, 6.07) is 0. The van der Waals surface area contributed by atoms with E-state index in [0.29, 0.717) is 30.3 Å². The number of epoxide rings is 2. The molecule has 2 saturated carbocycles. The second-order valence-corrected chi connectivity index (χ2v) is 7.23. The van der Waals surface area contributed by atoms with Crippen LogP contribution in [0.2, 0.25) is 0 Å². The van der Waals surface area contributed by atoms with Crippen molar-refractivity contribution in [1.29, 1.82) is 0 Å². The molecule has 0 aromatic carbocycles. The van der Waals surface area contributed by atoms with Gasteiger partial charge in [-0.3, -0.25) is 0 Å². The zero-order valence-corrected chi connectivity index (χ0v) is 11.3. The number of hydrogen-bond acceptors (Lipinski definition) is 4. The van der Waals surface area contributed by atoms with Gasteiger partial charge < -0.3 is 18.9 Å². The van der Waals surface area contributed by atoms with Gasteiger partial charge in [0.2, 0.25) is 0 Å². The average molecular weight is 266 g/mol. The summed E-state index contributed by atoms with van der Waals surface area (Å²) < 4.78 is 23.5. The van der Waals surface area contributed by atoms with Crippen molar-refractivity contribution < 1.29 is 18.9 Å². The van der Waals surface area contributed by atoms with E-state index in [-0.39, 0.29) is 11.7 Å². The summed E-state index contributed by atoms with van der Waals surface area (Å²) in [7, 11) is 0. The van der Waals surface area contributed by atoms with Gasteiger partial charge in [-0.2, -0.15) is 0 Å². The highest BCUT2D eigenvalue weighted by Gasteiger charge is 2.53. The molecule has 3 heterocycles. The molecule has 5 aliphatic rings. The van der Waals surface area contributed by atoms with Crippen molar-refractivity contribution in [1.82, 2.24) is 0 Å². The van der Waals surface area contributed by atoms with Crippen molar-refractivity contribution in [3.63, 3.8) is 0 Å². The summed E-state index contributed by atoms with van der Waals surface area (Å²) >= 11 is 0. The standard InChI is InChI=1S/C15H22O4/c1-2-10-12(18-10)5-9(1)14-16-7-15(8-17-14)4-3-11-13(6-15)19-11/h9-14H,1-8H2/t9-,10-,11-,12-,13+,14?,15?/m1/s1. The van der Waals surface area contributed by atoms with E-state index >= 15 is 0 Å². The van der Waals surface area contributed by atoms with Crippen LogP contribution in [0.3, 0.4) is 0 Å². The van der Waals surface area contributed by atoms with Crippen LogP contribution in [0.5, 0.6) is 0 Å². The third-order valence-electron chi connectivity index (χ3n) is 5.82. The molecule has 19 heavy (non-hydrogen) atoms. The Hall–Kier alpha value is -0.160. The minimum atomic E-state index is 0.0219. The van der Waals surface area contributed by atoms with Gasteiger partial charge in [-0.1, -0.05) is 0 Å². The maximum Gasteiger partial charge on any atom is 0.160 e. The molecular formula is C15H22O4. The molecule has 4 heteroatoms. The molecule has 0 radical (unpaired) electrons. The Labute approximate surface area is 113 Å². The molecule has 0 unspecified atom stereocenters. The van der Waals surface area contributed by atoms with Gasteiger partial charge in [-0.15, -0.1) is 0 Å². The molecular weight excluding hydrogens is 244 g/mol. The second-order valence-electron chi connectivity index (χ2n) is 7.23. The minimum absolute atomic E-state index is 0.0219. The quantitative estimate of drug-likeness (QED) is 0.680. The van der Waals surface area contributed by atoms with Crippen LogP contribution in [-0.4, -0.2) is 43.9 Å². The normalized spacial score (nSPS) is 59.4. The van der Waals surface area contributed by atoms with Crippen molar-refractivity contribution in [2.24, 2.45) is 11.3 Å². The molecule has 0 aromatic rings. The predicted molar refractivity (Wildman–Crippen MR) is 66.6 cm³/mol. The molecule has 0 bridgehead atoms. The lowest BCUT2D eigenvalue weighted by atomic mass is 9.74. The molecule has 3 aliphatic heterocycles. The van der Waals surface area contributed by atoms with Crippen molar-refractivity contribution >= 4 is 0 Å². The van der Waals surface area contributed by atoms with Gasteiger partial charge in [0.15, 0.2) is 6.29 Å². The fraction of sp³-hybridized carbons (Fsp3) is 1.00. The SMILES string of the molecule is C1C[C@H]2O[C@@H]2C[C@@H]1C1OCC2(CC[C@H]3O[C@H]3C2)CO1. The van der Waals surface area contributed by atoms with Crippen LogP contribution in [0.1, 0.15) is 38.5 Å². The highest BCUT2D eigenvalue weighted by molar-refractivity contribution is 5.00. The summed E-state index contributed by atoms with van der Waals surface area (Å²) in [6.45, 7) is 1.74. The Morgan fingerprint density at radius 1 is 0.789 bits per heavy atom. The van der Waals surface area contributed by atoms with Gasteiger partial charge in [0, 0.05) is 11.3 Å². The van der Waals surface area contributed by atoms with Gasteiger partial charge >= 0.3 is 0 Å². The highest BCUT2D eigenvalue weighted by Crippen LogP contribution is 2.49. The number of hydrogen-bond donors (Lipinski definition) is 0. The van der Waals surface area contributed by atoms with Gasteiger partial charge in [-0.05, 0) is 38.5 Å². The van der Waals surface area contributed by atoms with Gasteiger partial charge in [-0.25, -0.2) is 0 Å². The summed E-state index contributed by atoms with van der Waals surface area (Å²) in [6.07, 6.45) is 9.24. The lowest BCUT2D eigenvalue weighted by Gasteiger charge is -2.43. The third-order valence-corrected chi connectivity index (χ3v) is 5.82. The van der Waals surface area contributed by atoms with E-state index in [4.69, 9.17) is 18.9 Å². The van der Waals surface area contributed by atoms with E-state index in [1.807, 2.05) is 0 Å². The molecule has 5 atom stereocenters. The first-order valence-electron chi connectivity index (χ1n) is 7.86. The van der Waals surface area contributed by atoms with E-state index in [1.54, 1.807) is 0 Å². The van der Waals surface area contributed by atoms with Crippen LogP contribution in [0, 0.1) is 11.3 Å². The molecule has 4 nitrogen and oxygen atoms in total. The smallest absolute Gasteiger partial charge is 0.160 e. The Balaban J connectivity index is 1.21. The number of fused-ring (bicyclic) bond motifs is 2. The van der Waals surface area contributed by atoms with E-state index in [1.165, 1.54) is 25.7 Å². The van der Waals surface area contributed by atoms with E-state index in [0.717, 1.165) is 26.1 Å². The second kappa shape index (κ2) is 3.94. The van der Waals surface area contributed by atoms with E-state index < -0.39 is 0 Å². The Morgan fingerprint density at radius 3 is 2.37 bits per heavy atom. The van der Waals surface area contributed by atoms with E-state index in [9.17, 15) is 0 Å². The fourth-order valence-electron chi connectivity index (χ4n) is 4.41. The zero-order chi connectivity index (χ0) is 12.4. The highest BCUT2D eigenvalue weighted by atomic mass is 16.7. The van der Waals surface area contributed by atoms with Gasteiger partial charge in [0.1, 0.15) is 0 Å². The monoisotopic (exact) mass is 266 g/mol. The Morgan fingerprint density at radius 2 is 1.58 bits per heavy atom. The summed E-state index contributed by atoms with van der Waals surface area (Å²) in [5.74, 6) is 0.551. The Bertz CT molecular complexity index is 376. The van der Waals surface area contributed by atoms with Crippen LogP contribution in [0.4, 0.5) is 0 Å². The van der Waals surface area contributed by atoms with Crippen molar-refractivity contribution in [3.05, 3.63) is 0 Å². The molecule has 0 aromatic heterocycles. The van der Waals surface area contributed by atoms with Crippen LogP contribution in [0.15, 0.2) is 0 Å². The average Bonchev–Trinajstić information content (AvgIpc) is 3.33. The van der Waals surface area contributed by atoms with Crippen molar-refractivity contribution in [2.75, 3.05) is 13.2 Å². The van der Waals surface area contributed by atoms with Crippen molar-refractivity contribution in [2.45, 2.75) is 69.2 Å².